The molecule has 0 unspecified atom stereocenters. The van der Waals surface area contributed by atoms with Crippen molar-refractivity contribution in [1.82, 2.24) is 14.1 Å². The quantitative estimate of drug-likeness (QED) is 0.214. The number of rotatable bonds is 10. The zero-order chi connectivity index (χ0) is 23.7. The lowest BCUT2D eigenvalue weighted by Gasteiger charge is -2.15. The first-order valence-corrected chi connectivity index (χ1v) is 19.5. The Morgan fingerprint density at radius 3 is 2.06 bits per heavy atom. The van der Waals surface area contributed by atoms with Gasteiger partial charge in [0.1, 0.15) is 13.5 Å². The van der Waals surface area contributed by atoms with Crippen LogP contribution >= 0.6 is 27.5 Å². The predicted molar refractivity (Wildman–Crippen MR) is 142 cm³/mol. The van der Waals surface area contributed by atoms with Gasteiger partial charge in [0.15, 0.2) is 5.65 Å². The lowest BCUT2D eigenvalue weighted by Crippen LogP contribution is -2.28. The van der Waals surface area contributed by atoms with Crippen LogP contribution in [0.15, 0.2) is 27.5 Å². The maximum atomic E-state index is 13.3. The lowest BCUT2D eigenvalue weighted by molar-refractivity contribution is 0.0753. The van der Waals surface area contributed by atoms with Gasteiger partial charge in [-0.15, -0.1) is 0 Å². The number of fused-ring (bicyclic) bond motifs is 2. The Morgan fingerprint density at radius 1 is 0.938 bits per heavy atom. The lowest BCUT2D eigenvalue weighted by atomic mass is 10.2. The maximum Gasteiger partial charge on any atom is 0.334 e. The summed E-state index contributed by atoms with van der Waals surface area (Å²) < 4.78 is 15.8. The Bertz CT molecular complexity index is 1080. The van der Waals surface area contributed by atoms with Gasteiger partial charge in [-0.25, -0.2) is 9.78 Å². The van der Waals surface area contributed by atoms with Crippen molar-refractivity contribution in [2.75, 3.05) is 13.2 Å². The first-order valence-electron chi connectivity index (χ1n) is 10.9. The molecule has 6 nitrogen and oxygen atoms in total. The molecule has 0 amide bonds. The summed E-state index contributed by atoms with van der Waals surface area (Å²) in [5.74, 6) is 0. The van der Waals surface area contributed by atoms with E-state index in [9.17, 15) is 4.79 Å². The molecule has 0 saturated heterocycles. The molecule has 10 heteroatoms. The number of hydrogen-bond donors (Lipinski definition) is 0. The third-order valence-electron chi connectivity index (χ3n) is 5.26. The predicted octanol–water partition coefficient (Wildman–Crippen LogP) is 6.39. The molecule has 3 aromatic rings. The normalized spacial score (nSPS) is 12.9. The van der Waals surface area contributed by atoms with Crippen molar-refractivity contribution in [3.63, 3.8) is 0 Å². The third-order valence-corrected chi connectivity index (χ3v) is 9.86. The molecule has 2 aromatic heterocycles. The van der Waals surface area contributed by atoms with E-state index < -0.39 is 16.1 Å². The van der Waals surface area contributed by atoms with Crippen LogP contribution in [0.1, 0.15) is 0 Å². The molecule has 0 radical (unpaired) electrons. The van der Waals surface area contributed by atoms with Crippen LogP contribution in [0.5, 0.6) is 0 Å². The van der Waals surface area contributed by atoms with Crippen molar-refractivity contribution >= 4 is 65.7 Å². The van der Waals surface area contributed by atoms with Gasteiger partial charge < -0.3 is 9.47 Å². The molecule has 0 spiro atoms. The first kappa shape index (κ1) is 25.6. The average Bonchev–Trinajstić information content (AvgIpc) is 2.91. The molecular formula is C22H33BrClN3O3Si2. The summed E-state index contributed by atoms with van der Waals surface area (Å²) >= 11 is 9.76. The number of hydrogen-bond acceptors (Lipinski definition) is 4. The van der Waals surface area contributed by atoms with Crippen molar-refractivity contribution in [2.45, 2.75) is 64.8 Å². The van der Waals surface area contributed by atoms with Crippen LogP contribution in [0, 0.1) is 0 Å². The number of benzene rings is 1. The fourth-order valence-corrected chi connectivity index (χ4v) is 5.23. The molecule has 0 aliphatic heterocycles. The molecule has 32 heavy (non-hydrogen) atoms. The van der Waals surface area contributed by atoms with Crippen molar-refractivity contribution in [2.24, 2.45) is 0 Å². The van der Waals surface area contributed by atoms with E-state index in [0.717, 1.165) is 33.0 Å². The number of ether oxygens (including phenoxy) is 2. The van der Waals surface area contributed by atoms with Crippen LogP contribution in [0.2, 0.25) is 56.4 Å². The Kier molecular flexibility index (Phi) is 8.10. The van der Waals surface area contributed by atoms with E-state index in [2.05, 4.69) is 55.2 Å². The van der Waals surface area contributed by atoms with Gasteiger partial charge in [0.25, 0.3) is 0 Å². The molecular weight excluding hydrogens is 526 g/mol. The zero-order valence-electron chi connectivity index (χ0n) is 19.8. The second kappa shape index (κ2) is 10.1. The standard InChI is InChI=1S/C22H33BrClN3O3Si2/c1-31(2,3)9-7-29-14-26-20-12-16-11-17(23)18(24)13-19(16)25-21(20)27(22(26)28)15-30-8-10-32(4,5)6/h11-13H,7-10,14-15H2,1-6H3. The Hall–Kier alpha value is -0.976. The molecule has 0 atom stereocenters. The summed E-state index contributed by atoms with van der Waals surface area (Å²) in [6.07, 6.45) is 0. The van der Waals surface area contributed by atoms with Crippen LogP contribution in [0.3, 0.4) is 0 Å². The molecule has 0 fully saturated rings. The topological polar surface area (TPSA) is 58.3 Å². The third kappa shape index (κ3) is 6.54. The van der Waals surface area contributed by atoms with Gasteiger partial charge in [0.2, 0.25) is 0 Å². The highest BCUT2D eigenvalue weighted by Crippen LogP contribution is 2.29. The molecule has 176 valence electrons. The fourth-order valence-electron chi connectivity index (χ4n) is 3.19. The van der Waals surface area contributed by atoms with Crippen molar-refractivity contribution in [1.29, 1.82) is 0 Å². The minimum Gasteiger partial charge on any atom is -0.361 e. The average molecular weight is 559 g/mol. The monoisotopic (exact) mass is 557 g/mol. The van der Waals surface area contributed by atoms with E-state index in [1.807, 2.05) is 18.2 Å². The highest BCUT2D eigenvalue weighted by molar-refractivity contribution is 9.10. The fraction of sp³-hybridized carbons (Fsp3) is 0.545. The van der Waals surface area contributed by atoms with Crippen LogP contribution in [-0.4, -0.2) is 43.5 Å². The summed E-state index contributed by atoms with van der Waals surface area (Å²) in [6, 6.07) is 7.80. The van der Waals surface area contributed by atoms with E-state index in [0.29, 0.717) is 23.9 Å². The molecule has 2 heterocycles. The number of pyridine rings is 1. The molecule has 0 saturated carbocycles. The summed E-state index contributed by atoms with van der Waals surface area (Å²) in [5, 5.41) is 1.49. The molecule has 0 aliphatic rings. The number of halogens is 2. The van der Waals surface area contributed by atoms with Crippen LogP contribution < -0.4 is 5.69 Å². The zero-order valence-corrected chi connectivity index (χ0v) is 24.1. The van der Waals surface area contributed by atoms with Gasteiger partial charge >= 0.3 is 5.69 Å². The van der Waals surface area contributed by atoms with Gasteiger partial charge in [0, 0.05) is 39.2 Å². The number of aromatic nitrogens is 3. The number of nitrogens with zero attached hydrogens (tertiary/aromatic N) is 3. The van der Waals surface area contributed by atoms with Crippen LogP contribution in [0.25, 0.3) is 22.1 Å². The summed E-state index contributed by atoms with van der Waals surface area (Å²) in [6.45, 7) is 15.5. The van der Waals surface area contributed by atoms with Gasteiger partial charge in [-0.3, -0.25) is 9.13 Å². The van der Waals surface area contributed by atoms with Crippen LogP contribution in [-0.2, 0) is 22.9 Å². The van der Waals surface area contributed by atoms with E-state index in [4.69, 9.17) is 26.1 Å². The smallest absolute Gasteiger partial charge is 0.334 e. The molecule has 0 aliphatic carbocycles. The molecule has 0 N–H and O–H groups in total. The van der Waals surface area contributed by atoms with E-state index in [-0.39, 0.29) is 19.2 Å². The van der Waals surface area contributed by atoms with Crippen molar-refractivity contribution in [3.05, 3.63) is 38.2 Å². The summed E-state index contributed by atoms with van der Waals surface area (Å²) in [5.41, 5.74) is 1.88. The van der Waals surface area contributed by atoms with Gasteiger partial charge in [-0.1, -0.05) is 50.9 Å². The van der Waals surface area contributed by atoms with Gasteiger partial charge in [-0.05, 0) is 46.2 Å². The minimum absolute atomic E-state index is 0.171. The largest absolute Gasteiger partial charge is 0.361 e. The van der Waals surface area contributed by atoms with Crippen molar-refractivity contribution in [3.8, 4) is 0 Å². The highest BCUT2D eigenvalue weighted by Gasteiger charge is 2.18. The van der Waals surface area contributed by atoms with E-state index in [1.54, 1.807) is 9.13 Å². The Labute approximate surface area is 205 Å². The van der Waals surface area contributed by atoms with Crippen LogP contribution in [0.4, 0.5) is 0 Å². The molecule has 0 bridgehead atoms. The van der Waals surface area contributed by atoms with Gasteiger partial charge in [0.05, 0.1) is 16.1 Å². The first-order chi connectivity index (χ1) is 14.9. The summed E-state index contributed by atoms with van der Waals surface area (Å²) in [4.78, 5) is 18.1. The maximum absolute atomic E-state index is 13.3. The second-order valence-corrected chi connectivity index (χ2v) is 23.1. The molecule has 1 aromatic carbocycles. The SMILES string of the molecule is C[Si](C)(C)CCOCn1c(=O)n(COCC[Si](C)(C)C)c2nc3cc(Cl)c(Br)cc3cc21. The minimum atomic E-state index is -1.21. The van der Waals surface area contributed by atoms with Crippen molar-refractivity contribution < 1.29 is 9.47 Å². The highest BCUT2D eigenvalue weighted by atomic mass is 79.9. The Balaban J connectivity index is 1.96. The van der Waals surface area contributed by atoms with E-state index >= 15 is 0 Å². The molecule has 3 rings (SSSR count). The van der Waals surface area contributed by atoms with E-state index in [1.165, 1.54) is 0 Å². The Morgan fingerprint density at radius 2 is 1.50 bits per heavy atom. The summed E-state index contributed by atoms with van der Waals surface area (Å²) in [7, 11) is -2.42. The number of imidazole rings is 1. The second-order valence-electron chi connectivity index (χ2n) is 10.6. The van der Waals surface area contributed by atoms with Gasteiger partial charge in [-0.2, -0.15) is 0 Å².